The molecular formula is C8H15F3O5Si. The molecule has 0 spiro atoms. The standard InChI is InChI=1S/C8H15F3O5Si/c1-5(12)16-7(10)6(9)8(11)17(13-2,14-3)15-4/h6-8H,1-4H3. The monoisotopic (exact) mass is 276 g/mol. The van der Waals surface area contributed by atoms with Crippen LogP contribution < -0.4 is 0 Å². The average molecular weight is 276 g/mol. The number of halogens is 3. The Balaban J connectivity index is 4.76. The average Bonchev–Trinajstić information content (AvgIpc) is 2.30. The first-order valence-corrected chi connectivity index (χ1v) is 6.39. The SMILES string of the molecule is CO[Si](OC)(OC)C(F)C(F)C(F)OC(C)=O. The van der Waals surface area contributed by atoms with Gasteiger partial charge in [0.15, 0.2) is 0 Å². The topological polar surface area (TPSA) is 54.0 Å². The van der Waals surface area contributed by atoms with Gasteiger partial charge in [-0.05, 0) is 0 Å². The molecule has 0 aromatic heterocycles. The first-order chi connectivity index (χ1) is 7.84. The number of hydrogen-bond acceptors (Lipinski definition) is 5. The van der Waals surface area contributed by atoms with Crippen LogP contribution in [0.15, 0.2) is 0 Å². The molecule has 102 valence electrons. The highest BCUT2D eigenvalue weighted by atomic mass is 28.4. The molecule has 0 radical (unpaired) electrons. The minimum absolute atomic E-state index is 0.875. The van der Waals surface area contributed by atoms with Gasteiger partial charge in [0.2, 0.25) is 12.0 Å². The van der Waals surface area contributed by atoms with Crippen LogP contribution in [-0.2, 0) is 22.8 Å². The molecule has 0 amide bonds. The molecule has 0 fully saturated rings. The summed E-state index contributed by atoms with van der Waals surface area (Å²) in [5, 5.41) is 0. The van der Waals surface area contributed by atoms with E-state index in [9.17, 15) is 18.0 Å². The van der Waals surface area contributed by atoms with Crippen molar-refractivity contribution in [2.24, 2.45) is 0 Å². The summed E-state index contributed by atoms with van der Waals surface area (Å²) in [7, 11) is -0.811. The molecular weight excluding hydrogens is 261 g/mol. The first-order valence-electron chi connectivity index (χ1n) is 4.59. The van der Waals surface area contributed by atoms with Gasteiger partial charge in [-0.3, -0.25) is 4.79 Å². The van der Waals surface area contributed by atoms with Gasteiger partial charge in [-0.2, -0.15) is 4.39 Å². The molecule has 0 aromatic carbocycles. The van der Waals surface area contributed by atoms with Gasteiger partial charge < -0.3 is 18.0 Å². The van der Waals surface area contributed by atoms with E-state index >= 15 is 0 Å². The second kappa shape index (κ2) is 6.94. The molecule has 0 heterocycles. The molecule has 0 aliphatic rings. The molecule has 0 rings (SSSR count). The summed E-state index contributed by atoms with van der Waals surface area (Å²) in [6, 6.07) is 0. The zero-order valence-corrected chi connectivity index (χ0v) is 10.9. The number of alkyl halides is 3. The van der Waals surface area contributed by atoms with Crippen molar-refractivity contribution in [1.29, 1.82) is 0 Å². The fourth-order valence-electron chi connectivity index (χ4n) is 1.14. The van der Waals surface area contributed by atoms with Gasteiger partial charge in [0.25, 0.3) is 6.36 Å². The summed E-state index contributed by atoms with van der Waals surface area (Å²) in [4.78, 5) is 10.4. The van der Waals surface area contributed by atoms with E-state index < -0.39 is 33.1 Å². The Labute approximate surface area is 98.2 Å². The Kier molecular flexibility index (Phi) is 6.68. The van der Waals surface area contributed by atoms with Gasteiger partial charge in [0.1, 0.15) is 0 Å². The van der Waals surface area contributed by atoms with Crippen LogP contribution in [0.4, 0.5) is 13.2 Å². The minimum atomic E-state index is -3.97. The third-order valence-corrected chi connectivity index (χ3v) is 4.70. The van der Waals surface area contributed by atoms with E-state index in [1.54, 1.807) is 0 Å². The molecule has 0 saturated carbocycles. The predicted molar refractivity (Wildman–Crippen MR) is 53.2 cm³/mol. The van der Waals surface area contributed by atoms with Crippen LogP contribution in [0.5, 0.6) is 0 Å². The van der Waals surface area contributed by atoms with E-state index in [-0.39, 0.29) is 0 Å². The second-order valence-electron chi connectivity index (χ2n) is 3.02. The van der Waals surface area contributed by atoms with Crippen molar-refractivity contribution in [3.63, 3.8) is 0 Å². The number of rotatable bonds is 7. The fraction of sp³-hybridized carbons (Fsp3) is 0.875. The molecule has 3 unspecified atom stereocenters. The lowest BCUT2D eigenvalue weighted by molar-refractivity contribution is -0.164. The van der Waals surface area contributed by atoms with E-state index in [4.69, 9.17) is 0 Å². The lowest BCUT2D eigenvalue weighted by Crippen LogP contribution is -2.58. The van der Waals surface area contributed by atoms with E-state index in [0.717, 1.165) is 28.3 Å². The highest BCUT2D eigenvalue weighted by Gasteiger charge is 2.55. The maximum Gasteiger partial charge on any atom is 0.539 e. The molecule has 0 aromatic rings. The van der Waals surface area contributed by atoms with E-state index in [0.29, 0.717) is 0 Å². The lowest BCUT2D eigenvalue weighted by atomic mass is 10.4. The highest BCUT2D eigenvalue weighted by Crippen LogP contribution is 2.24. The third kappa shape index (κ3) is 3.94. The molecule has 3 atom stereocenters. The summed E-state index contributed by atoms with van der Waals surface area (Å²) in [6.07, 6.45) is -5.49. The zero-order chi connectivity index (χ0) is 13.6. The smallest absolute Gasteiger partial charge is 0.428 e. The molecule has 0 bridgehead atoms. The Morgan fingerprint density at radius 2 is 1.47 bits per heavy atom. The normalized spacial score (nSPS) is 17.4. The van der Waals surface area contributed by atoms with Gasteiger partial charge in [-0.15, -0.1) is 0 Å². The largest absolute Gasteiger partial charge is 0.539 e. The number of carbonyl (C=O) groups is 1. The van der Waals surface area contributed by atoms with Gasteiger partial charge in [0, 0.05) is 28.3 Å². The molecule has 0 saturated heterocycles. The summed E-state index contributed by atoms with van der Waals surface area (Å²) in [5.41, 5.74) is 0. The van der Waals surface area contributed by atoms with Gasteiger partial charge >= 0.3 is 14.8 Å². The molecule has 0 N–H and O–H groups in total. The van der Waals surface area contributed by atoms with Crippen molar-refractivity contribution in [3.8, 4) is 0 Å². The molecule has 0 aliphatic heterocycles. The van der Waals surface area contributed by atoms with Crippen LogP contribution in [0, 0.1) is 0 Å². The van der Waals surface area contributed by atoms with Crippen LogP contribution in [0.1, 0.15) is 6.92 Å². The van der Waals surface area contributed by atoms with Crippen LogP contribution in [0.25, 0.3) is 0 Å². The summed E-state index contributed by atoms with van der Waals surface area (Å²) in [5.74, 6) is -3.57. The lowest BCUT2D eigenvalue weighted by Gasteiger charge is -2.29. The number of carbonyl (C=O) groups excluding carboxylic acids is 1. The zero-order valence-electron chi connectivity index (χ0n) is 9.91. The van der Waals surface area contributed by atoms with Crippen LogP contribution in [0.3, 0.4) is 0 Å². The Bertz CT molecular complexity index is 243. The van der Waals surface area contributed by atoms with Gasteiger partial charge in [-0.25, -0.2) is 8.78 Å². The van der Waals surface area contributed by atoms with Gasteiger partial charge in [-0.1, -0.05) is 0 Å². The van der Waals surface area contributed by atoms with E-state index in [2.05, 4.69) is 18.0 Å². The quantitative estimate of drug-likeness (QED) is 0.511. The van der Waals surface area contributed by atoms with Crippen molar-refractivity contribution >= 4 is 14.8 Å². The summed E-state index contributed by atoms with van der Waals surface area (Å²) >= 11 is 0. The third-order valence-electron chi connectivity index (χ3n) is 2.00. The highest BCUT2D eigenvalue weighted by molar-refractivity contribution is 6.62. The van der Waals surface area contributed by atoms with Crippen molar-refractivity contribution in [3.05, 3.63) is 0 Å². The molecule has 5 nitrogen and oxygen atoms in total. The predicted octanol–water partition coefficient (Wildman–Crippen LogP) is 0.939. The first kappa shape index (κ1) is 16.4. The van der Waals surface area contributed by atoms with E-state index in [1.165, 1.54) is 0 Å². The number of hydrogen-bond donors (Lipinski definition) is 0. The molecule has 9 heteroatoms. The minimum Gasteiger partial charge on any atom is -0.428 e. The van der Waals surface area contributed by atoms with Crippen LogP contribution >= 0.6 is 0 Å². The van der Waals surface area contributed by atoms with E-state index in [1.807, 2.05) is 0 Å². The number of esters is 1. The second-order valence-corrected chi connectivity index (χ2v) is 6.01. The fourth-order valence-corrected chi connectivity index (χ4v) is 2.86. The summed E-state index contributed by atoms with van der Waals surface area (Å²) in [6.45, 7) is 0.875. The van der Waals surface area contributed by atoms with Crippen LogP contribution in [-0.4, -0.2) is 54.4 Å². The van der Waals surface area contributed by atoms with Crippen molar-refractivity contribution in [1.82, 2.24) is 0 Å². The molecule has 17 heavy (non-hydrogen) atoms. The summed E-state index contributed by atoms with van der Waals surface area (Å²) < 4.78 is 57.9. The van der Waals surface area contributed by atoms with Crippen molar-refractivity contribution in [2.45, 2.75) is 25.2 Å². The van der Waals surface area contributed by atoms with Crippen LogP contribution in [0.2, 0.25) is 0 Å². The van der Waals surface area contributed by atoms with Crippen molar-refractivity contribution in [2.75, 3.05) is 21.3 Å². The Hall–Kier alpha value is -0.643. The Morgan fingerprint density at radius 1 is 1.06 bits per heavy atom. The van der Waals surface area contributed by atoms with Gasteiger partial charge in [0.05, 0.1) is 0 Å². The molecule has 0 aliphatic carbocycles. The maximum atomic E-state index is 13.7. The number of ether oxygens (including phenoxy) is 1. The van der Waals surface area contributed by atoms with Crippen molar-refractivity contribution < 1.29 is 36.0 Å². The Morgan fingerprint density at radius 3 is 1.76 bits per heavy atom. The maximum absolute atomic E-state index is 13.7.